The summed E-state index contributed by atoms with van der Waals surface area (Å²) in [5.41, 5.74) is -2.52. The highest BCUT2D eigenvalue weighted by molar-refractivity contribution is 7.92. The summed E-state index contributed by atoms with van der Waals surface area (Å²) < 4.78 is 69.5. The number of rotatable bonds is 6. The highest BCUT2D eigenvalue weighted by atomic mass is 32.2. The maximum Gasteiger partial charge on any atom is 0.416 e. The molecule has 0 bridgehead atoms. The summed E-state index contributed by atoms with van der Waals surface area (Å²) in [4.78, 5) is 0.00589. The third-order valence-corrected chi connectivity index (χ3v) is 14.0. The lowest BCUT2D eigenvalue weighted by molar-refractivity contribution is -0.255. The number of hydrogen-bond donors (Lipinski definition) is 2. The van der Waals surface area contributed by atoms with Crippen molar-refractivity contribution in [2.24, 2.45) is 40.9 Å². The molecule has 0 aliphatic heterocycles. The van der Waals surface area contributed by atoms with Crippen LogP contribution in [0.2, 0.25) is 0 Å². The zero-order valence-electron chi connectivity index (χ0n) is 24.1. The summed E-state index contributed by atoms with van der Waals surface area (Å²) in [6, 6.07) is 7.73. The molecule has 0 amide bonds. The van der Waals surface area contributed by atoms with E-state index in [9.17, 15) is 31.8 Å². The zero-order valence-corrected chi connectivity index (χ0v) is 24.9. The molecule has 0 spiro atoms. The number of sulfone groups is 1. The lowest BCUT2D eigenvalue weighted by Gasteiger charge is -2.55. The highest BCUT2D eigenvalue weighted by Gasteiger charge is 2.60. The maximum atomic E-state index is 13.9. The minimum absolute atomic E-state index is 0.00589. The van der Waals surface area contributed by atoms with Crippen molar-refractivity contribution in [3.63, 3.8) is 0 Å². The van der Waals surface area contributed by atoms with Gasteiger partial charge >= 0.3 is 6.18 Å². The van der Waals surface area contributed by atoms with Gasteiger partial charge in [-0.05, 0) is 118 Å². The van der Waals surface area contributed by atoms with Crippen LogP contribution in [-0.4, -0.2) is 41.3 Å². The quantitative estimate of drug-likeness (QED) is 0.351. The van der Waals surface area contributed by atoms with E-state index < -0.39 is 44.8 Å². The lowest BCUT2D eigenvalue weighted by atomic mass is 9.50. The van der Waals surface area contributed by atoms with Crippen LogP contribution in [0.25, 0.3) is 0 Å². The van der Waals surface area contributed by atoms with Gasteiger partial charge in [0.05, 0.1) is 15.7 Å². The van der Waals surface area contributed by atoms with E-state index in [2.05, 4.69) is 13.0 Å². The van der Waals surface area contributed by atoms with Gasteiger partial charge in [-0.25, -0.2) is 8.42 Å². The first-order valence-corrected chi connectivity index (χ1v) is 16.5. The van der Waals surface area contributed by atoms with Gasteiger partial charge in [-0.15, -0.1) is 0 Å². The summed E-state index contributed by atoms with van der Waals surface area (Å²) in [5.74, 6) is 1.32. The van der Waals surface area contributed by atoms with E-state index in [1.54, 1.807) is 18.2 Å². The molecule has 1 aromatic rings. The van der Waals surface area contributed by atoms with Crippen LogP contribution < -0.4 is 0 Å². The summed E-state index contributed by atoms with van der Waals surface area (Å²) in [6.07, 6.45) is 3.73. The molecule has 3 fully saturated rings. The van der Waals surface area contributed by atoms with Crippen molar-refractivity contribution in [1.29, 1.82) is 0 Å². The summed E-state index contributed by atoms with van der Waals surface area (Å²) in [7, 11) is -4.14. The molecule has 40 heavy (non-hydrogen) atoms. The van der Waals surface area contributed by atoms with Crippen LogP contribution in [0.4, 0.5) is 13.2 Å². The minimum atomic E-state index is -4.94. The van der Waals surface area contributed by atoms with Crippen molar-refractivity contribution in [3.8, 4) is 0 Å². The van der Waals surface area contributed by atoms with Crippen LogP contribution in [0, 0.1) is 40.9 Å². The molecule has 4 nitrogen and oxygen atoms in total. The van der Waals surface area contributed by atoms with Gasteiger partial charge in [0.1, 0.15) is 0 Å². The van der Waals surface area contributed by atoms with E-state index in [4.69, 9.17) is 0 Å². The number of allylic oxidation sites excluding steroid dienone is 1. The van der Waals surface area contributed by atoms with Crippen LogP contribution in [0.1, 0.15) is 85.5 Å². The number of fused-ring (bicyclic) bond motifs is 5. The van der Waals surface area contributed by atoms with Crippen LogP contribution in [0.15, 0.2) is 46.9 Å². The smallest absolute Gasteiger partial charge is 0.390 e. The van der Waals surface area contributed by atoms with Gasteiger partial charge in [0.25, 0.3) is 0 Å². The van der Waals surface area contributed by atoms with Crippen molar-refractivity contribution in [1.82, 2.24) is 0 Å². The second kappa shape index (κ2) is 10.1. The predicted molar refractivity (Wildman–Crippen MR) is 149 cm³/mol. The molecule has 5 rings (SSSR count). The molecule has 3 saturated carbocycles. The molecule has 8 heteroatoms. The van der Waals surface area contributed by atoms with Crippen LogP contribution in [0.3, 0.4) is 0 Å². The largest absolute Gasteiger partial charge is 0.416 e. The number of benzene rings is 1. The average molecular weight is 583 g/mol. The Morgan fingerprint density at radius 1 is 1.02 bits per heavy atom. The fraction of sp³-hybridized carbons (Fsp3) is 0.750. The fourth-order valence-electron chi connectivity index (χ4n) is 9.50. The van der Waals surface area contributed by atoms with Gasteiger partial charge in [-0.3, -0.25) is 0 Å². The average Bonchev–Trinajstić information content (AvgIpc) is 3.23. The Morgan fingerprint density at radius 2 is 1.70 bits per heavy atom. The Balaban J connectivity index is 1.45. The molecule has 0 heterocycles. The number of alkyl halides is 3. The summed E-state index contributed by atoms with van der Waals surface area (Å²) in [6.45, 7) is 6.68. The topological polar surface area (TPSA) is 74.6 Å². The zero-order chi connectivity index (χ0) is 29.3. The first-order chi connectivity index (χ1) is 18.5. The van der Waals surface area contributed by atoms with Crippen molar-refractivity contribution >= 4 is 9.84 Å². The van der Waals surface area contributed by atoms with E-state index in [1.807, 2.05) is 13.8 Å². The Hall–Kier alpha value is -1.38. The molecule has 0 saturated heterocycles. The van der Waals surface area contributed by atoms with Crippen molar-refractivity contribution in [2.75, 3.05) is 0 Å². The molecule has 0 radical (unpaired) electrons. The normalized spacial score (nSPS) is 39.2. The monoisotopic (exact) mass is 582 g/mol. The van der Waals surface area contributed by atoms with E-state index in [1.165, 1.54) is 17.7 Å². The summed E-state index contributed by atoms with van der Waals surface area (Å²) >= 11 is 0. The SMILES string of the molecule is C[C@H](C(C[C@](C)(O)C(F)(F)F)S(=O)(=O)c1ccccc1)[C@H]1CC[C@H]2[C@@H]3CC=C4C[C@@](C)(O)CC[C@@H]4C3CC[C@]12C. The molecular weight excluding hydrogens is 537 g/mol. The second-order valence-electron chi connectivity index (χ2n) is 14.2. The highest BCUT2D eigenvalue weighted by Crippen LogP contribution is 2.65. The third-order valence-electron chi connectivity index (χ3n) is 11.7. The first-order valence-electron chi connectivity index (χ1n) is 15.0. The van der Waals surface area contributed by atoms with E-state index in [0.717, 1.165) is 51.4 Å². The Labute approximate surface area is 237 Å². The Bertz CT molecular complexity index is 1220. The molecule has 10 atom stereocenters. The molecule has 2 N–H and O–H groups in total. The Morgan fingerprint density at radius 3 is 2.35 bits per heavy atom. The van der Waals surface area contributed by atoms with Gasteiger partial charge in [-0.2, -0.15) is 13.2 Å². The molecule has 1 aromatic carbocycles. The first kappa shape index (κ1) is 30.1. The van der Waals surface area contributed by atoms with Gasteiger partial charge in [0.15, 0.2) is 15.4 Å². The molecule has 224 valence electrons. The second-order valence-corrected chi connectivity index (χ2v) is 16.4. The van der Waals surface area contributed by atoms with Crippen LogP contribution in [0.5, 0.6) is 0 Å². The predicted octanol–water partition coefficient (Wildman–Crippen LogP) is 7.11. The molecule has 4 aliphatic carbocycles. The van der Waals surface area contributed by atoms with Gasteiger partial charge in [0.2, 0.25) is 0 Å². The summed E-state index contributed by atoms with van der Waals surface area (Å²) in [5, 5.41) is 19.8. The minimum Gasteiger partial charge on any atom is -0.390 e. The van der Waals surface area contributed by atoms with Crippen molar-refractivity contribution in [3.05, 3.63) is 42.0 Å². The van der Waals surface area contributed by atoms with Crippen LogP contribution >= 0.6 is 0 Å². The van der Waals surface area contributed by atoms with Gasteiger partial charge in [-0.1, -0.05) is 43.7 Å². The molecule has 0 aromatic heterocycles. The molecule has 4 aliphatic rings. The number of aliphatic hydroxyl groups is 2. The Kier molecular flexibility index (Phi) is 7.61. The van der Waals surface area contributed by atoms with Crippen molar-refractivity contribution < 1.29 is 31.8 Å². The van der Waals surface area contributed by atoms with Crippen LogP contribution in [-0.2, 0) is 9.84 Å². The number of halogens is 3. The number of hydrogen-bond acceptors (Lipinski definition) is 4. The lowest BCUT2D eigenvalue weighted by Crippen LogP contribution is -2.51. The van der Waals surface area contributed by atoms with Gasteiger partial charge in [0, 0.05) is 6.42 Å². The van der Waals surface area contributed by atoms with Crippen molar-refractivity contribution in [2.45, 2.75) is 113 Å². The van der Waals surface area contributed by atoms with E-state index in [-0.39, 0.29) is 16.2 Å². The third kappa shape index (κ3) is 5.08. The fourth-order valence-corrected chi connectivity index (χ4v) is 11.7. The van der Waals surface area contributed by atoms with E-state index in [0.29, 0.717) is 30.6 Å². The molecular formula is C32H45F3O4S. The van der Waals surface area contributed by atoms with E-state index >= 15 is 0 Å². The maximum absolute atomic E-state index is 13.9. The molecule has 2 unspecified atom stereocenters. The standard InChI is InChI=1S/C32H45F3O4S/c1-20(28(19-31(4,37)32(33,34)35)40(38,39)22-8-6-5-7-9-22)26-12-13-27-25-11-10-21-18-29(2,36)16-14-23(21)24(25)15-17-30(26,27)3/h5-10,20,23-28,36-37H,11-19H2,1-4H3/t20-,23-,24?,25+,26+,27-,28?,29-,30+,31-/m0/s1. The van der Waals surface area contributed by atoms with Gasteiger partial charge < -0.3 is 10.2 Å².